The van der Waals surface area contributed by atoms with Crippen LogP contribution in [0.2, 0.25) is 0 Å². The lowest BCUT2D eigenvalue weighted by Gasteiger charge is -2.22. The Hall–Kier alpha value is -3.78. The number of nitrogens with zero attached hydrogens (tertiary/aromatic N) is 1. The van der Waals surface area contributed by atoms with Crippen LogP contribution in [-0.4, -0.2) is 37.5 Å². The van der Waals surface area contributed by atoms with Gasteiger partial charge in [-0.25, -0.2) is 0 Å². The van der Waals surface area contributed by atoms with E-state index in [2.05, 4.69) is 11.8 Å². The van der Waals surface area contributed by atoms with Crippen molar-refractivity contribution in [2.45, 2.75) is 20.3 Å². The highest BCUT2D eigenvalue weighted by Gasteiger charge is 2.25. The van der Waals surface area contributed by atoms with Crippen LogP contribution in [0, 0.1) is 25.7 Å². The Kier molecular flexibility index (Phi) is 6.94. The molecule has 0 spiro atoms. The SMILES string of the molecule is COc1ccc(C#CC2=CCCN(C(=O)/C=C/c3cc(C)c(C)c(OC)c3)C2=O)cc1. The van der Waals surface area contributed by atoms with Crippen molar-refractivity contribution in [2.75, 3.05) is 20.8 Å². The average molecular weight is 415 g/mol. The number of rotatable bonds is 4. The number of imide groups is 1. The smallest absolute Gasteiger partial charge is 0.268 e. The van der Waals surface area contributed by atoms with Crippen LogP contribution in [0.1, 0.15) is 28.7 Å². The van der Waals surface area contributed by atoms with E-state index >= 15 is 0 Å². The van der Waals surface area contributed by atoms with Gasteiger partial charge in [0.1, 0.15) is 11.5 Å². The number of carbonyl (C=O) groups excluding carboxylic acids is 2. The Morgan fingerprint density at radius 1 is 1.06 bits per heavy atom. The average Bonchev–Trinajstić information content (AvgIpc) is 2.79. The van der Waals surface area contributed by atoms with Crippen molar-refractivity contribution < 1.29 is 19.1 Å². The highest BCUT2D eigenvalue weighted by Crippen LogP contribution is 2.24. The van der Waals surface area contributed by atoms with Gasteiger partial charge >= 0.3 is 0 Å². The number of benzene rings is 2. The number of methoxy groups -OCH3 is 2. The molecule has 2 aromatic carbocycles. The van der Waals surface area contributed by atoms with Crippen LogP contribution >= 0.6 is 0 Å². The maximum Gasteiger partial charge on any atom is 0.268 e. The molecule has 1 aliphatic heterocycles. The maximum atomic E-state index is 12.8. The molecule has 0 aliphatic carbocycles. The molecule has 0 atom stereocenters. The molecule has 31 heavy (non-hydrogen) atoms. The summed E-state index contributed by atoms with van der Waals surface area (Å²) in [6.07, 6.45) is 5.48. The fourth-order valence-electron chi connectivity index (χ4n) is 3.22. The van der Waals surface area contributed by atoms with Crippen molar-refractivity contribution in [3.05, 3.63) is 76.4 Å². The van der Waals surface area contributed by atoms with Crippen molar-refractivity contribution in [3.63, 3.8) is 0 Å². The topological polar surface area (TPSA) is 55.8 Å². The minimum absolute atomic E-state index is 0.330. The third-order valence-electron chi connectivity index (χ3n) is 5.15. The number of hydrogen-bond acceptors (Lipinski definition) is 4. The lowest BCUT2D eigenvalue weighted by molar-refractivity contribution is -0.139. The van der Waals surface area contributed by atoms with Crippen LogP contribution in [0.5, 0.6) is 11.5 Å². The Morgan fingerprint density at radius 2 is 1.81 bits per heavy atom. The molecule has 0 saturated carbocycles. The summed E-state index contributed by atoms with van der Waals surface area (Å²) >= 11 is 0. The highest BCUT2D eigenvalue weighted by atomic mass is 16.5. The number of hydrogen-bond donors (Lipinski definition) is 0. The van der Waals surface area contributed by atoms with Crippen molar-refractivity contribution >= 4 is 17.9 Å². The van der Waals surface area contributed by atoms with E-state index in [9.17, 15) is 9.59 Å². The predicted octanol–water partition coefficient (Wildman–Crippen LogP) is 4.07. The summed E-state index contributed by atoms with van der Waals surface area (Å²) in [6, 6.07) is 11.1. The summed E-state index contributed by atoms with van der Waals surface area (Å²) in [5.41, 5.74) is 4.06. The van der Waals surface area contributed by atoms with Crippen LogP contribution in [0.25, 0.3) is 6.08 Å². The quantitative estimate of drug-likeness (QED) is 0.558. The van der Waals surface area contributed by atoms with Gasteiger partial charge in [0.25, 0.3) is 11.8 Å². The van der Waals surface area contributed by atoms with Crippen LogP contribution in [0.4, 0.5) is 0 Å². The summed E-state index contributed by atoms with van der Waals surface area (Å²) in [4.78, 5) is 26.7. The minimum Gasteiger partial charge on any atom is -0.497 e. The fourth-order valence-corrected chi connectivity index (χ4v) is 3.22. The van der Waals surface area contributed by atoms with Crippen LogP contribution < -0.4 is 9.47 Å². The molecule has 1 heterocycles. The summed E-state index contributed by atoms with van der Waals surface area (Å²) in [5, 5.41) is 0. The Bertz CT molecular complexity index is 1110. The number of ether oxygens (including phenoxy) is 2. The van der Waals surface area contributed by atoms with E-state index in [1.807, 2.05) is 50.2 Å². The second-order valence-corrected chi connectivity index (χ2v) is 7.18. The van der Waals surface area contributed by atoms with Gasteiger partial charge in [-0.3, -0.25) is 14.5 Å². The van der Waals surface area contributed by atoms with Crippen molar-refractivity contribution in [3.8, 4) is 23.3 Å². The van der Waals surface area contributed by atoms with E-state index in [1.165, 1.54) is 11.0 Å². The van der Waals surface area contributed by atoms with E-state index in [1.54, 1.807) is 26.4 Å². The molecule has 2 amide bonds. The van der Waals surface area contributed by atoms with Crippen LogP contribution in [0.15, 0.2) is 54.1 Å². The number of carbonyl (C=O) groups is 2. The molecule has 3 rings (SSSR count). The summed E-state index contributed by atoms with van der Waals surface area (Å²) in [5.74, 6) is 6.64. The van der Waals surface area contributed by atoms with Gasteiger partial charge in [0.05, 0.1) is 19.8 Å². The molecule has 2 aromatic rings. The first-order valence-corrected chi connectivity index (χ1v) is 9.98. The normalized spacial score (nSPS) is 13.5. The first-order chi connectivity index (χ1) is 14.9. The summed E-state index contributed by atoms with van der Waals surface area (Å²) < 4.78 is 10.5. The van der Waals surface area contributed by atoms with E-state index in [4.69, 9.17) is 9.47 Å². The van der Waals surface area contributed by atoms with Gasteiger partial charge in [0.2, 0.25) is 0 Å². The largest absolute Gasteiger partial charge is 0.497 e. The monoisotopic (exact) mass is 415 g/mol. The van der Waals surface area contributed by atoms with Gasteiger partial charge in [-0.2, -0.15) is 0 Å². The first-order valence-electron chi connectivity index (χ1n) is 9.98. The molecule has 5 heteroatoms. The van der Waals surface area contributed by atoms with Gasteiger partial charge in [-0.05, 0) is 73.4 Å². The Morgan fingerprint density at radius 3 is 2.48 bits per heavy atom. The highest BCUT2D eigenvalue weighted by molar-refractivity contribution is 6.11. The molecule has 0 saturated heterocycles. The van der Waals surface area contributed by atoms with E-state index < -0.39 is 0 Å². The molecular weight excluding hydrogens is 390 g/mol. The summed E-state index contributed by atoms with van der Waals surface area (Å²) in [6.45, 7) is 4.32. The van der Waals surface area contributed by atoms with Gasteiger partial charge in [-0.15, -0.1) is 0 Å². The van der Waals surface area contributed by atoms with Crippen molar-refractivity contribution in [2.24, 2.45) is 0 Å². The lowest BCUT2D eigenvalue weighted by atomic mass is 10.0. The predicted molar refractivity (Wildman–Crippen MR) is 121 cm³/mol. The first kappa shape index (κ1) is 21.9. The second kappa shape index (κ2) is 9.82. The maximum absolute atomic E-state index is 12.8. The van der Waals surface area contributed by atoms with Gasteiger partial charge in [0.15, 0.2) is 0 Å². The molecule has 0 N–H and O–H groups in total. The minimum atomic E-state index is -0.375. The zero-order chi connectivity index (χ0) is 22.4. The number of amides is 2. The van der Waals surface area contributed by atoms with Crippen LogP contribution in [0.3, 0.4) is 0 Å². The lowest BCUT2D eigenvalue weighted by Crippen LogP contribution is -2.39. The molecule has 0 fully saturated rings. The Labute approximate surface area is 183 Å². The Balaban J connectivity index is 1.72. The van der Waals surface area contributed by atoms with Gasteiger partial charge < -0.3 is 9.47 Å². The molecule has 0 aromatic heterocycles. The second-order valence-electron chi connectivity index (χ2n) is 7.18. The number of aryl methyl sites for hydroxylation is 1. The molecule has 5 nitrogen and oxygen atoms in total. The molecule has 158 valence electrons. The molecule has 0 unspecified atom stereocenters. The van der Waals surface area contributed by atoms with Gasteiger partial charge in [-0.1, -0.05) is 24.0 Å². The molecular formula is C26H25NO4. The molecule has 0 radical (unpaired) electrons. The zero-order valence-electron chi connectivity index (χ0n) is 18.2. The third kappa shape index (κ3) is 5.23. The van der Waals surface area contributed by atoms with Crippen molar-refractivity contribution in [1.82, 2.24) is 4.90 Å². The van der Waals surface area contributed by atoms with Crippen LogP contribution in [-0.2, 0) is 9.59 Å². The molecule has 1 aliphatic rings. The standard InChI is InChI=1S/C26H25NO4/c1-18-16-21(17-24(31-4)19(18)2)10-14-25(28)27-15-5-6-22(26(27)29)11-7-20-8-12-23(30-3)13-9-20/h6,8-10,12-14,16-17H,5,15H2,1-4H3/b14-10+. The summed E-state index contributed by atoms with van der Waals surface area (Å²) in [7, 11) is 3.22. The zero-order valence-corrected chi connectivity index (χ0v) is 18.2. The van der Waals surface area contributed by atoms with Crippen molar-refractivity contribution in [1.29, 1.82) is 0 Å². The fraction of sp³-hybridized carbons (Fsp3) is 0.231. The van der Waals surface area contributed by atoms with Gasteiger partial charge in [0, 0.05) is 18.2 Å². The third-order valence-corrected chi connectivity index (χ3v) is 5.15. The van der Waals surface area contributed by atoms with E-state index in [-0.39, 0.29) is 11.8 Å². The molecule has 0 bridgehead atoms. The van der Waals surface area contributed by atoms with E-state index in [0.29, 0.717) is 18.5 Å². The van der Waals surface area contributed by atoms with E-state index in [0.717, 1.165) is 33.8 Å².